The first-order chi connectivity index (χ1) is 10.3. The van der Waals surface area contributed by atoms with Crippen LogP contribution in [0.15, 0.2) is 23.3 Å². The Morgan fingerprint density at radius 1 is 1.27 bits per heavy atom. The molecule has 2 aromatic rings. The molecular weight excluding hydrogens is 284 g/mol. The second-order valence-electron chi connectivity index (χ2n) is 5.70. The van der Waals surface area contributed by atoms with Crippen LogP contribution in [-0.4, -0.2) is 20.4 Å². The average Bonchev–Trinajstić information content (AvgIpc) is 2.65. The van der Waals surface area contributed by atoms with Gasteiger partial charge < -0.3 is 16.4 Å². The molecule has 0 saturated heterocycles. The lowest BCUT2D eigenvalue weighted by Crippen LogP contribution is -2.42. The van der Waals surface area contributed by atoms with E-state index in [1.165, 1.54) is 17.0 Å². The number of carbonyl (C=O) groups is 1. The standard InChI is InChI=1S/C14H16N6O2/c1-7-4-8(18-10-5-9(15)16-6-17-10)13(22)20-11(7)12(21)19-14(20,2)3/h4-6H,1-3H3,(H,19,21)(H3,15,16,17,18). The molecule has 0 atom stereocenters. The molecule has 22 heavy (non-hydrogen) atoms. The maximum absolute atomic E-state index is 12.7. The number of carbonyl (C=O) groups excluding carboxylic acids is 1. The number of pyridine rings is 1. The van der Waals surface area contributed by atoms with Crippen molar-refractivity contribution < 1.29 is 4.79 Å². The van der Waals surface area contributed by atoms with E-state index in [1.54, 1.807) is 26.8 Å². The van der Waals surface area contributed by atoms with E-state index in [2.05, 4.69) is 20.6 Å². The van der Waals surface area contributed by atoms with Gasteiger partial charge in [-0.3, -0.25) is 14.2 Å². The molecule has 3 rings (SSSR count). The molecule has 114 valence electrons. The number of nitrogens with one attached hydrogen (secondary N) is 2. The van der Waals surface area contributed by atoms with Crippen molar-refractivity contribution >= 4 is 23.2 Å². The Labute approximate surface area is 126 Å². The fraction of sp³-hybridized carbons (Fsp3) is 0.286. The van der Waals surface area contributed by atoms with Crippen LogP contribution in [0.3, 0.4) is 0 Å². The SMILES string of the molecule is Cc1cc(Nc2cc(N)ncn2)c(=O)n2c1C(=O)NC2(C)C. The quantitative estimate of drug-likeness (QED) is 0.752. The Hall–Kier alpha value is -2.90. The van der Waals surface area contributed by atoms with Crippen LogP contribution < -0.4 is 21.9 Å². The number of nitrogens with zero attached hydrogens (tertiary/aromatic N) is 3. The molecule has 2 aromatic heterocycles. The summed E-state index contributed by atoms with van der Waals surface area (Å²) in [7, 11) is 0. The summed E-state index contributed by atoms with van der Waals surface area (Å²) in [6.07, 6.45) is 1.31. The van der Waals surface area contributed by atoms with Crippen LogP contribution in [0, 0.1) is 6.92 Å². The summed E-state index contributed by atoms with van der Waals surface area (Å²) >= 11 is 0. The number of anilines is 3. The van der Waals surface area contributed by atoms with Gasteiger partial charge in [-0.1, -0.05) is 0 Å². The lowest BCUT2D eigenvalue weighted by molar-refractivity contribution is 0.0934. The van der Waals surface area contributed by atoms with Crippen LogP contribution in [0.25, 0.3) is 0 Å². The van der Waals surface area contributed by atoms with Crippen LogP contribution in [0.1, 0.15) is 29.9 Å². The molecule has 0 saturated carbocycles. The maximum Gasteiger partial charge on any atom is 0.276 e. The van der Waals surface area contributed by atoms with Crippen molar-refractivity contribution in [3.8, 4) is 0 Å². The minimum atomic E-state index is -0.781. The van der Waals surface area contributed by atoms with E-state index in [0.717, 1.165) is 0 Å². The van der Waals surface area contributed by atoms with Gasteiger partial charge in [-0.05, 0) is 32.4 Å². The normalized spacial score (nSPS) is 15.3. The molecule has 0 bridgehead atoms. The van der Waals surface area contributed by atoms with Gasteiger partial charge in [0.2, 0.25) is 0 Å². The Morgan fingerprint density at radius 3 is 2.68 bits per heavy atom. The minimum absolute atomic E-state index is 0.252. The van der Waals surface area contributed by atoms with E-state index < -0.39 is 5.66 Å². The van der Waals surface area contributed by atoms with Crippen LogP contribution in [0.2, 0.25) is 0 Å². The molecular formula is C14H16N6O2. The topological polar surface area (TPSA) is 115 Å². The van der Waals surface area contributed by atoms with Gasteiger partial charge in [0, 0.05) is 6.07 Å². The third-order valence-corrected chi connectivity index (χ3v) is 3.54. The highest BCUT2D eigenvalue weighted by Crippen LogP contribution is 2.25. The molecule has 1 aliphatic heterocycles. The number of aryl methyl sites for hydroxylation is 1. The van der Waals surface area contributed by atoms with Crippen LogP contribution in [0.4, 0.5) is 17.3 Å². The number of rotatable bonds is 2. The maximum atomic E-state index is 12.7. The summed E-state index contributed by atoms with van der Waals surface area (Å²) in [6.45, 7) is 5.33. The van der Waals surface area contributed by atoms with E-state index in [0.29, 0.717) is 28.6 Å². The van der Waals surface area contributed by atoms with E-state index in [1.807, 2.05) is 0 Å². The first kappa shape index (κ1) is 14.1. The van der Waals surface area contributed by atoms with Crippen molar-refractivity contribution in [1.82, 2.24) is 19.9 Å². The highest BCUT2D eigenvalue weighted by Gasteiger charge is 2.37. The minimum Gasteiger partial charge on any atom is -0.384 e. The molecule has 3 heterocycles. The second-order valence-corrected chi connectivity index (χ2v) is 5.70. The van der Waals surface area contributed by atoms with E-state index in [-0.39, 0.29) is 11.5 Å². The monoisotopic (exact) mass is 300 g/mol. The third kappa shape index (κ3) is 2.09. The van der Waals surface area contributed by atoms with Gasteiger partial charge in [0.1, 0.15) is 35.0 Å². The molecule has 0 unspecified atom stereocenters. The van der Waals surface area contributed by atoms with Crippen molar-refractivity contribution in [2.45, 2.75) is 26.4 Å². The predicted octanol–water partition coefficient (Wildman–Crippen LogP) is 0.709. The Balaban J connectivity index is 2.14. The highest BCUT2D eigenvalue weighted by atomic mass is 16.2. The predicted molar refractivity (Wildman–Crippen MR) is 82.0 cm³/mol. The summed E-state index contributed by atoms with van der Waals surface area (Å²) in [4.78, 5) is 32.6. The Kier molecular flexibility index (Phi) is 2.91. The summed E-state index contributed by atoms with van der Waals surface area (Å²) in [6, 6.07) is 3.16. The molecule has 0 aliphatic carbocycles. The van der Waals surface area contributed by atoms with E-state index >= 15 is 0 Å². The summed E-state index contributed by atoms with van der Waals surface area (Å²) < 4.78 is 1.46. The van der Waals surface area contributed by atoms with E-state index in [4.69, 9.17) is 5.73 Å². The van der Waals surface area contributed by atoms with Crippen molar-refractivity contribution in [3.63, 3.8) is 0 Å². The largest absolute Gasteiger partial charge is 0.384 e. The molecule has 8 heteroatoms. The van der Waals surface area contributed by atoms with E-state index in [9.17, 15) is 9.59 Å². The van der Waals surface area contributed by atoms with Gasteiger partial charge in [0.05, 0.1) is 0 Å². The number of aromatic nitrogens is 3. The molecule has 1 amide bonds. The number of nitrogens with two attached hydrogens (primary N) is 1. The highest BCUT2D eigenvalue weighted by molar-refractivity contribution is 5.96. The average molecular weight is 300 g/mol. The summed E-state index contributed by atoms with van der Waals surface area (Å²) in [5.41, 5.74) is 5.92. The molecule has 0 radical (unpaired) electrons. The molecule has 0 aromatic carbocycles. The number of amides is 1. The summed E-state index contributed by atoms with van der Waals surface area (Å²) in [5.74, 6) is 0.463. The second kappa shape index (κ2) is 4.55. The molecule has 0 fully saturated rings. The zero-order valence-electron chi connectivity index (χ0n) is 12.5. The van der Waals surface area contributed by atoms with Gasteiger partial charge in [0.25, 0.3) is 11.5 Å². The van der Waals surface area contributed by atoms with Gasteiger partial charge in [0.15, 0.2) is 0 Å². The van der Waals surface area contributed by atoms with Crippen molar-refractivity contribution in [1.29, 1.82) is 0 Å². The van der Waals surface area contributed by atoms with Crippen LogP contribution in [-0.2, 0) is 5.66 Å². The molecule has 1 aliphatic rings. The lowest BCUT2D eigenvalue weighted by atomic mass is 10.1. The first-order valence-corrected chi connectivity index (χ1v) is 6.74. The zero-order chi connectivity index (χ0) is 16.1. The van der Waals surface area contributed by atoms with Gasteiger partial charge in [-0.15, -0.1) is 0 Å². The summed E-state index contributed by atoms with van der Waals surface area (Å²) in [5, 5.41) is 5.72. The van der Waals surface area contributed by atoms with Crippen molar-refractivity contribution in [2.75, 3.05) is 11.1 Å². The van der Waals surface area contributed by atoms with Crippen molar-refractivity contribution in [2.24, 2.45) is 0 Å². The van der Waals surface area contributed by atoms with Crippen LogP contribution >= 0.6 is 0 Å². The Bertz CT molecular complexity index is 840. The Morgan fingerprint density at radius 2 is 2.00 bits per heavy atom. The van der Waals surface area contributed by atoms with Gasteiger partial charge in [-0.2, -0.15) is 0 Å². The third-order valence-electron chi connectivity index (χ3n) is 3.54. The number of nitrogen functional groups attached to an aromatic ring is 1. The lowest BCUT2D eigenvalue weighted by Gasteiger charge is -2.22. The number of fused-ring (bicyclic) bond motifs is 1. The number of hydrogen-bond acceptors (Lipinski definition) is 6. The van der Waals surface area contributed by atoms with Crippen molar-refractivity contribution in [3.05, 3.63) is 40.1 Å². The fourth-order valence-corrected chi connectivity index (χ4v) is 2.62. The van der Waals surface area contributed by atoms with Crippen LogP contribution in [0.5, 0.6) is 0 Å². The zero-order valence-corrected chi connectivity index (χ0v) is 12.5. The molecule has 4 N–H and O–H groups in total. The number of hydrogen-bond donors (Lipinski definition) is 3. The van der Waals surface area contributed by atoms with Gasteiger partial charge >= 0.3 is 0 Å². The fourth-order valence-electron chi connectivity index (χ4n) is 2.62. The van der Waals surface area contributed by atoms with Gasteiger partial charge in [-0.25, -0.2) is 9.97 Å². The smallest absolute Gasteiger partial charge is 0.276 e. The first-order valence-electron chi connectivity index (χ1n) is 6.74. The molecule has 0 spiro atoms. The molecule has 8 nitrogen and oxygen atoms in total.